The van der Waals surface area contributed by atoms with Crippen LogP contribution < -0.4 is 0 Å². The van der Waals surface area contributed by atoms with Crippen LogP contribution in [0.15, 0.2) is 0 Å². The van der Waals surface area contributed by atoms with Gasteiger partial charge >= 0.3 is 0 Å². The normalized spacial score (nSPS) is 20.6. The van der Waals surface area contributed by atoms with Crippen LogP contribution in [0.4, 0.5) is 8.78 Å². The summed E-state index contributed by atoms with van der Waals surface area (Å²) in [6, 6.07) is 0. The summed E-state index contributed by atoms with van der Waals surface area (Å²) in [7, 11) is 0.654. The zero-order valence-electron chi connectivity index (χ0n) is 6.26. The van der Waals surface area contributed by atoms with Gasteiger partial charge in [0.1, 0.15) is 5.75 Å². The Labute approximate surface area is 74.3 Å². The average molecular weight is 219 g/mol. The lowest BCUT2D eigenvalue weighted by atomic mass is 9.81. The van der Waals surface area contributed by atoms with Crippen molar-refractivity contribution in [2.75, 3.05) is 5.75 Å². The van der Waals surface area contributed by atoms with Gasteiger partial charge in [0.15, 0.2) is 0 Å². The molecule has 0 heterocycles. The van der Waals surface area contributed by atoms with E-state index in [1.165, 1.54) is 0 Å². The van der Waals surface area contributed by atoms with Crippen molar-refractivity contribution >= 4 is 19.7 Å². The second-order valence-electron chi connectivity index (χ2n) is 3.07. The smallest absolute Gasteiger partial charge is 0.212 e. The Morgan fingerprint density at radius 3 is 2.17 bits per heavy atom. The molecule has 0 spiro atoms. The van der Waals surface area contributed by atoms with Crippen molar-refractivity contribution in [2.24, 2.45) is 5.92 Å². The summed E-state index contributed by atoms with van der Waals surface area (Å²) >= 11 is 0. The van der Waals surface area contributed by atoms with Gasteiger partial charge in [0, 0.05) is 16.6 Å². The molecule has 0 bridgehead atoms. The summed E-state index contributed by atoms with van der Waals surface area (Å²) in [5, 5.41) is 0. The summed E-state index contributed by atoms with van der Waals surface area (Å²) < 4.78 is 46.6. The molecule has 1 aliphatic carbocycles. The zero-order valence-corrected chi connectivity index (χ0v) is 7.84. The summed E-state index contributed by atoms with van der Waals surface area (Å²) in [6.45, 7) is 0. The van der Waals surface area contributed by atoms with Gasteiger partial charge in [-0.3, -0.25) is 0 Å². The van der Waals surface area contributed by atoms with Gasteiger partial charge in [0.25, 0.3) is 5.92 Å². The van der Waals surface area contributed by atoms with Crippen molar-refractivity contribution in [2.45, 2.75) is 25.2 Å². The van der Waals surface area contributed by atoms with Gasteiger partial charge in [-0.1, -0.05) is 6.42 Å². The van der Waals surface area contributed by atoms with Crippen molar-refractivity contribution < 1.29 is 17.2 Å². The maximum absolute atomic E-state index is 12.9. The van der Waals surface area contributed by atoms with E-state index in [-0.39, 0.29) is 0 Å². The third kappa shape index (κ3) is 2.55. The molecule has 1 rings (SSSR count). The molecule has 0 aromatic carbocycles. The Morgan fingerprint density at radius 2 is 1.92 bits per heavy atom. The molecule has 0 radical (unpaired) electrons. The quantitative estimate of drug-likeness (QED) is 0.679. The number of alkyl halides is 2. The first-order chi connectivity index (χ1) is 5.31. The topological polar surface area (TPSA) is 34.1 Å². The molecule has 0 amide bonds. The highest BCUT2D eigenvalue weighted by Crippen LogP contribution is 2.40. The van der Waals surface area contributed by atoms with Crippen molar-refractivity contribution in [3.8, 4) is 0 Å². The van der Waals surface area contributed by atoms with Gasteiger partial charge in [-0.2, -0.15) is 0 Å². The predicted molar refractivity (Wildman–Crippen MR) is 41.9 cm³/mol. The molecule has 12 heavy (non-hydrogen) atoms. The Balaban J connectivity index is 2.59. The van der Waals surface area contributed by atoms with Crippen LogP contribution in [0.5, 0.6) is 0 Å². The van der Waals surface area contributed by atoms with Gasteiger partial charge in [-0.15, -0.1) is 0 Å². The second kappa shape index (κ2) is 3.10. The molecule has 0 aromatic heterocycles. The van der Waals surface area contributed by atoms with Crippen molar-refractivity contribution in [3.63, 3.8) is 0 Å². The van der Waals surface area contributed by atoms with Gasteiger partial charge in [0.05, 0.1) is 0 Å². The lowest BCUT2D eigenvalue weighted by Crippen LogP contribution is -2.38. The molecule has 72 valence electrons. The van der Waals surface area contributed by atoms with Crippen LogP contribution >= 0.6 is 10.7 Å². The average Bonchev–Trinajstić information content (AvgIpc) is 1.45. The molecule has 0 N–H and O–H groups in total. The minimum Gasteiger partial charge on any atom is -0.212 e. The maximum atomic E-state index is 12.9. The highest BCUT2D eigenvalue weighted by atomic mass is 35.7. The number of hydrogen-bond acceptors (Lipinski definition) is 2. The zero-order chi connectivity index (χ0) is 9.41. The van der Waals surface area contributed by atoms with Crippen LogP contribution in [0.25, 0.3) is 0 Å². The van der Waals surface area contributed by atoms with Crippen LogP contribution in [-0.2, 0) is 9.05 Å². The molecular formula is C6H9ClF2O2S. The fourth-order valence-electron chi connectivity index (χ4n) is 1.18. The lowest BCUT2D eigenvalue weighted by molar-refractivity contribution is -0.0664. The van der Waals surface area contributed by atoms with Crippen molar-refractivity contribution in [1.29, 1.82) is 0 Å². The van der Waals surface area contributed by atoms with E-state index in [4.69, 9.17) is 10.7 Å². The van der Waals surface area contributed by atoms with E-state index in [2.05, 4.69) is 0 Å². The van der Waals surface area contributed by atoms with Gasteiger partial charge in [0.2, 0.25) is 9.05 Å². The highest BCUT2D eigenvalue weighted by Gasteiger charge is 2.45. The van der Waals surface area contributed by atoms with E-state index in [0.717, 1.165) is 6.42 Å². The van der Waals surface area contributed by atoms with E-state index in [9.17, 15) is 17.2 Å². The molecule has 0 saturated heterocycles. The molecule has 0 aromatic rings. The number of hydrogen-bond donors (Lipinski definition) is 0. The monoisotopic (exact) mass is 218 g/mol. The van der Waals surface area contributed by atoms with Crippen LogP contribution in [0.1, 0.15) is 19.3 Å². The molecule has 1 fully saturated rings. The summed E-state index contributed by atoms with van der Waals surface area (Å²) in [5.41, 5.74) is 0. The molecule has 0 unspecified atom stereocenters. The molecule has 0 aliphatic heterocycles. The molecule has 6 heteroatoms. The Bertz CT molecular complexity index is 259. The largest absolute Gasteiger partial charge is 0.265 e. The second-order valence-corrected chi connectivity index (χ2v) is 5.85. The van der Waals surface area contributed by atoms with Gasteiger partial charge in [-0.05, 0) is 12.8 Å². The van der Waals surface area contributed by atoms with E-state index in [1.807, 2.05) is 0 Å². The fourth-order valence-corrected chi connectivity index (χ4v) is 2.31. The third-order valence-corrected chi connectivity index (χ3v) is 3.12. The van der Waals surface area contributed by atoms with Crippen molar-refractivity contribution in [1.82, 2.24) is 0 Å². The van der Waals surface area contributed by atoms with Crippen LogP contribution in [0.2, 0.25) is 0 Å². The standard InChI is InChI=1S/C6H9ClF2O2S/c7-12(10,11)4-6(8,9)5-2-1-3-5/h5H,1-4H2. The third-order valence-electron chi connectivity index (χ3n) is 2.07. The van der Waals surface area contributed by atoms with Gasteiger partial charge in [-0.25, -0.2) is 17.2 Å². The lowest BCUT2D eigenvalue weighted by Gasteiger charge is -2.32. The summed E-state index contributed by atoms with van der Waals surface area (Å²) in [6.07, 6.45) is 1.56. The van der Waals surface area contributed by atoms with Crippen LogP contribution in [-0.4, -0.2) is 20.1 Å². The van der Waals surface area contributed by atoms with E-state index >= 15 is 0 Å². The first-order valence-electron chi connectivity index (χ1n) is 3.61. The minimum absolute atomic E-state index is 0.402. The van der Waals surface area contributed by atoms with Crippen molar-refractivity contribution in [3.05, 3.63) is 0 Å². The molecule has 2 nitrogen and oxygen atoms in total. The maximum Gasteiger partial charge on any atom is 0.265 e. The highest BCUT2D eigenvalue weighted by molar-refractivity contribution is 8.13. The molecule has 1 aliphatic rings. The number of rotatable bonds is 3. The van der Waals surface area contributed by atoms with E-state index in [1.54, 1.807) is 0 Å². The SMILES string of the molecule is O=S(=O)(Cl)CC(F)(F)C1CCC1. The predicted octanol–water partition coefficient (Wildman–Crippen LogP) is 1.99. The Morgan fingerprint density at radius 1 is 1.42 bits per heavy atom. The van der Waals surface area contributed by atoms with Gasteiger partial charge < -0.3 is 0 Å². The van der Waals surface area contributed by atoms with Crippen LogP contribution in [0, 0.1) is 5.92 Å². The fraction of sp³-hybridized carbons (Fsp3) is 1.00. The number of halogens is 3. The molecular weight excluding hydrogens is 210 g/mol. The van der Waals surface area contributed by atoms with Crippen LogP contribution in [0.3, 0.4) is 0 Å². The van der Waals surface area contributed by atoms with E-state index < -0.39 is 26.6 Å². The summed E-state index contributed by atoms with van der Waals surface area (Å²) in [5.74, 6) is -5.16. The minimum atomic E-state index is -4.08. The molecule has 1 saturated carbocycles. The first kappa shape index (κ1) is 10.2. The molecule has 0 atom stereocenters. The van der Waals surface area contributed by atoms with E-state index in [0.29, 0.717) is 12.8 Å². The Kier molecular flexibility index (Phi) is 2.63. The summed E-state index contributed by atoms with van der Waals surface area (Å²) in [4.78, 5) is 0. The Hall–Kier alpha value is 0.1000. The first-order valence-corrected chi connectivity index (χ1v) is 6.09.